The Kier molecular flexibility index (Phi) is 31.1. The van der Waals surface area contributed by atoms with Crippen molar-refractivity contribution in [2.75, 3.05) is 13.2 Å². The van der Waals surface area contributed by atoms with Gasteiger partial charge < -0.3 is 40.3 Å². The van der Waals surface area contributed by atoms with Crippen molar-refractivity contribution in [1.29, 1.82) is 0 Å². The molecule has 7 atom stereocenters. The Morgan fingerprint density at radius 2 is 1.10 bits per heavy atom. The quantitative estimate of drug-likeness (QED) is 0.0289. The zero-order chi connectivity index (χ0) is 37.4. The number of hydrogen-bond donors (Lipinski definition) is 6. The summed E-state index contributed by atoms with van der Waals surface area (Å²) in [6.45, 7) is 3.74. The van der Waals surface area contributed by atoms with Crippen LogP contribution in [0.5, 0.6) is 0 Å². The highest BCUT2D eigenvalue weighted by Gasteiger charge is 2.44. The molecule has 0 spiro atoms. The molecule has 9 nitrogen and oxygen atoms in total. The Hall–Kier alpha value is -1.33. The van der Waals surface area contributed by atoms with E-state index in [9.17, 15) is 30.3 Å². The van der Waals surface area contributed by atoms with E-state index in [1.54, 1.807) is 6.08 Å². The fourth-order valence-electron chi connectivity index (χ4n) is 6.56. The van der Waals surface area contributed by atoms with Crippen LogP contribution in [0.15, 0.2) is 24.3 Å². The topological polar surface area (TPSA) is 149 Å². The van der Waals surface area contributed by atoms with Gasteiger partial charge in [0.1, 0.15) is 24.4 Å². The molecule has 1 saturated heterocycles. The van der Waals surface area contributed by atoms with E-state index in [2.05, 4.69) is 31.3 Å². The molecule has 1 aliphatic rings. The van der Waals surface area contributed by atoms with Gasteiger partial charge in [0, 0.05) is 6.42 Å². The molecule has 0 aromatic carbocycles. The molecular weight excluding hydrogens is 646 g/mol. The summed E-state index contributed by atoms with van der Waals surface area (Å²) in [5, 5.41) is 54.0. The van der Waals surface area contributed by atoms with Crippen LogP contribution >= 0.6 is 0 Å². The molecule has 1 rings (SSSR count). The first kappa shape index (κ1) is 47.7. The third-order valence-electron chi connectivity index (χ3n) is 10.0. The molecule has 0 aliphatic carbocycles. The summed E-state index contributed by atoms with van der Waals surface area (Å²) in [5.41, 5.74) is 0. The minimum atomic E-state index is -1.56. The maximum atomic E-state index is 12.9. The smallest absolute Gasteiger partial charge is 0.220 e. The second-order valence-electron chi connectivity index (χ2n) is 14.8. The molecule has 0 aromatic rings. The Morgan fingerprint density at radius 1 is 0.647 bits per heavy atom. The Balaban J connectivity index is 2.42. The van der Waals surface area contributed by atoms with Gasteiger partial charge in [-0.2, -0.15) is 0 Å². The summed E-state index contributed by atoms with van der Waals surface area (Å²) in [6.07, 6.45) is 30.7. The van der Waals surface area contributed by atoms with Gasteiger partial charge in [-0.3, -0.25) is 4.79 Å². The average molecular weight is 726 g/mol. The van der Waals surface area contributed by atoms with Gasteiger partial charge in [0.25, 0.3) is 0 Å². The van der Waals surface area contributed by atoms with E-state index in [-0.39, 0.29) is 12.5 Å². The van der Waals surface area contributed by atoms with Gasteiger partial charge in [-0.05, 0) is 44.9 Å². The van der Waals surface area contributed by atoms with Crippen molar-refractivity contribution < 1.29 is 39.8 Å². The largest absolute Gasteiger partial charge is 0.394 e. The number of rotatable bonds is 34. The highest BCUT2D eigenvalue weighted by Crippen LogP contribution is 2.22. The first-order valence-electron chi connectivity index (χ1n) is 21.1. The van der Waals surface area contributed by atoms with E-state index in [0.717, 1.165) is 57.8 Å². The highest BCUT2D eigenvalue weighted by molar-refractivity contribution is 5.76. The number of aliphatic hydroxyl groups is 5. The monoisotopic (exact) mass is 726 g/mol. The van der Waals surface area contributed by atoms with Crippen LogP contribution in [0.2, 0.25) is 0 Å². The maximum absolute atomic E-state index is 12.9. The van der Waals surface area contributed by atoms with Crippen LogP contribution in [0.25, 0.3) is 0 Å². The summed E-state index contributed by atoms with van der Waals surface area (Å²) < 4.78 is 11.2. The van der Waals surface area contributed by atoms with Gasteiger partial charge in [-0.25, -0.2) is 0 Å². The van der Waals surface area contributed by atoms with Crippen LogP contribution in [0, 0.1) is 0 Å². The molecule has 0 radical (unpaired) electrons. The van der Waals surface area contributed by atoms with E-state index in [4.69, 9.17) is 9.47 Å². The summed E-state index contributed by atoms with van der Waals surface area (Å²) in [6, 6.07) is -0.804. The standard InChI is InChI=1S/C42H79NO8/c1-3-5-7-9-11-13-15-17-18-20-21-23-25-27-29-31-36(45)35(34-50-42-41(49)40(48)39(47)37(33-44)51-42)43-38(46)32-30-28-26-24-22-19-16-14-12-10-8-6-4-2/h14,16,29,31,35-37,39-42,44-45,47-49H,3-13,15,17-28,30,32-34H2,1-2H3,(H,43,46)/b16-14+,31-29+/t35-,36+,37+,39+,40?,41?,42+/m0/s1. The Bertz CT molecular complexity index is 853. The minimum absolute atomic E-state index is 0.188. The third kappa shape index (κ3) is 24.6. The fraction of sp³-hybridized carbons (Fsp3) is 0.881. The molecule has 2 unspecified atom stereocenters. The first-order chi connectivity index (χ1) is 24.8. The number of ether oxygens (including phenoxy) is 2. The highest BCUT2D eigenvalue weighted by atomic mass is 16.7. The number of amides is 1. The molecule has 0 bridgehead atoms. The molecule has 1 aliphatic heterocycles. The molecule has 1 amide bonds. The van der Waals surface area contributed by atoms with Gasteiger partial charge in [-0.15, -0.1) is 0 Å². The zero-order valence-corrected chi connectivity index (χ0v) is 32.6. The normalized spacial score (nSPS) is 22.2. The van der Waals surface area contributed by atoms with Crippen molar-refractivity contribution in [3.05, 3.63) is 24.3 Å². The van der Waals surface area contributed by atoms with Crippen molar-refractivity contribution >= 4 is 5.91 Å². The summed E-state index contributed by atoms with van der Waals surface area (Å²) in [5.74, 6) is -0.188. The Morgan fingerprint density at radius 3 is 1.61 bits per heavy atom. The van der Waals surface area contributed by atoms with Crippen LogP contribution < -0.4 is 5.32 Å². The zero-order valence-electron chi connectivity index (χ0n) is 32.6. The lowest BCUT2D eigenvalue weighted by Gasteiger charge is -2.40. The van der Waals surface area contributed by atoms with E-state index < -0.39 is 49.5 Å². The third-order valence-corrected chi connectivity index (χ3v) is 10.0. The van der Waals surface area contributed by atoms with Gasteiger partial charge in [0.05, 0.1) is 25.4 Å². The summed E-state index contributed by atoms with van der Waals surface area (Å²) in [7, 11) is 0. The van der Waals surface area contributed by atoms with Crippen molar-refractivity contribution in [2.24, 2.45) is 0 Å². The van der Waals surface area contributed by atoms with Crippen LogP contribution in [0.4, 0.5) is 0 Å². The maximum Gasteiger partial charge on any atom is 0.220 e. The minimum Gasteiger partial charge on any atom is -0.394 e. The van der Waals surface area contributed by atoms with Crippen LogP contribution in [0.3, 0.4) is 0 Å². The van der Waals surface area contributed by atoms with E-state index in [0.29, 0.717) is 6.42 Å². The first-order valence-corrected chi connectivity index (χ1v) is 21.1. The average Bonchev–Trinajstić information content (AvgIpc) is 3.13. The number of allylic oxidation sites excluding steroid dienone is 3. The number of unbranched alkanes of at least 4 members (excludes halogenated alkanes) is 22. The predicted octanol–water partition coefficient (Wildman–Crippen LogP) is 7.94. The fourth-order valence-corrected chi connectivity index (χ4v) is 6.56. The van der Waals surface area contributed by atoms with Crippen molar-refractivity contribution in [3.63, 3.8) is 0 Å². The van der Waals surface area contributed by atoms with Gasteiger partial charge in [0.15, 0.2) is 6.29 Å². The lowest BCUT2D eigenvalue weighted by molar-refractivity contribution is -0.302. The molecule has 51 heavy (non-hydrogen) atoms. The molecule has 1 heterocycles. The van der Waals surface area contributed by atoms with Crippen molar-refractivity contribution in [3.8, 4) is 0 Å². The van der Waals surface area contributed by atoms with Crippen LogP contribution in [0.1, 0.15) is 181 Å². The second kappa shape index (κ2) is 33.3. The molecule has 0 aromatic heterocycles. The molecule has 1 fully saturated rings. The molecule has 300 valence electrons. The predicted molar refractivity (Wildman–Crippen MR) is 207 cm³/mol. The van der Waals surface area contributed by atoms with Gasteiger partial charge in [-0.1, -0.05) is 154 Å². The van der Waals surface area contributed by atoms with Crippen LogP contribution in [-0.2, 0) is 14.3 Å². The molecule has 6 N–H and O–H groups in total. The van der Waals surface area contributed by atoms with E-state index >= 15 is 0 Å². The van der Waals surface area contributed by atoms with Crippen LogP contribution in [-0.4, -0.2) is 87.5 Å². The number of hydrogen-bond acceptors (Lipinski definition) is 8. The van der Waals surface area contributed by atoms with E-state index in [1.165, 1.54) is 103 Å². The van der Waals surface area contributed by atoms with Gasteiger partial charge >= 0.3 is 0 Å². The number of carbonyl (C=O) groups excluding carboxylic acids is 1. The lowest BCUT2D eigenvalue weighted by atomic mass is 9.99. The molecule has 9 heteroatoms. The number of aliphatic hydroxyl groups excluding tert-OH is 5. The van der Waals surface area contributed by atoms with E-state index in [1.807, 2.05) is 6.08 Å². The number of nitrogens with one attached hydrogen (secondary N) is 1. The second-order valence-corrected chi connectivity index (χ2v) is 14.8. The summed E-state index contributed by atoms with van der Waals surface area (Å²) >= 11 is 0. The van der Waals surface area contributed by atoms with Gasteiger partial charge in [0.2, 0.25) is 5.91 Å². The Labute approximate surface area is 311 Å². The lowest BCUT2D eigenvalue weighted by Crippen LogP contribution is -2.60. The molecular formula is C42H79NO8. The molecule has 0 saturated carbocycles. The SMILES string of the molecule is CCCCCC/C=C/CCCCCCCC(=O)N[C@@H](CO[C@@H]1O[C@H](CO)[C@@H](O)C(O)C1O)[C@H](O)/C=C/CCCCCCCCCCCCCCC. The summed E-state index contributed by atoms with van der Waals surface area (Å²) in [4.78, 5) is 12.9. The van der Waals surface area contributed by atoms with Crippen molar-refractivity contribution in [1.82, 2.24) is 5.32 Å². The number of carbonyl (C=O) groups is 1. The van der Waals surface area contributed by atoms with Crippen molar-refractivity contribution in [2.45, 2.75) is 224 Å².